The van der Waals surface area contributed by atoms with Crippen LogP contribution < -0.4 is 0 Å². The fourth-order valence-corrected chi connectivity index (χ4v) is 1.65. The van der Waals surface area contributed by atoms with Gasteiger partial charge >= 0.3 is 0 Å². The molecule has 0 saturated heterocycles. The first-order valence-electron chi connectivity index (χ1n) is 5.18. The first kappa shape index (κ1) is 12.6. The summed E-state index contributed by atoms with van der Waals surface area (Å²) in [5, 5.41) is 27.0. The highest BCUT2D eigenvalue weighted by molar-refractivity contribution is 5.25. The Morgan fingerprint density at radius 3 is 2.44 bits per heavy atom. The van der Waals surface area contributed by atoms with E-state index in [1.54, 1.807) is 0 Å². The minimum absolute atomic E-state index is 0.205. The zero-order valence-corrected chi connectivity index (χ0v) is 9.29. The summed E-state index contributed by atoms with van der Waals surface area (Å²) in [5.74, 6) is -1.69. The lowest BCUT2D eigenvalue weighted by Crippen LogP contribution is -2.37. The molecule has 0 fully saturated rings. The van der Waals surface area contributed by atoms with Crippen LogP contribution in [0.1, 0.15) is 5.56 Å². The minimum Gasteiger partial charge on any atom is -0.393 e. The SMILES string of the molecule is OCC(O)(Cn1nccn1)c1ccc(F)cc1F. The molecule has 1 aromatic carbocycles. The molecular weight excluding hydrogens is 244 g/mol. The topological polar surface area (TPSA) is 71.2 Å². The van der Waals surface area contributed by atoms with Crippen molar-refractivity contribution in [3.05, 3.63) is 47.8 Å². The molecule has 2 rings (SSSR count). The molecule has 0 aliphatic carbocycles. The summed E-state index contributed by atoms with van der Waals surface area (Å²) in [5.41, 5.74) is -2.11. The van der Waals surface area contributed by atoms with Gasteiger partial charge in [0.05, 0.1) is 25.5 Å². The molecule has 96 valence electrons. The van der Waals surface area contributed by atoms with Crippen molar-refractivity contribution < 1.29 is 19.0 Å². The predicted molar refractivity (Wildman–Crippen MR) is 57.4 cm³/mol. The Hall–Kier alpha value is -1.86. The van der Waals surface area contributed by atoms with Crippen LogP contribution in [0.3, 0.4) is 0 Å². The van der Waals surface area contributed by atoms with Crippen molar-refractivity contribution in [1.82, 2.24) is 15.0 Å². The van der Waals surface area contributed by atoms with Crippen LogP contribution >= 0.6 is 0 Å². The maximum Gasteiger partial charge on any atom is 0.137 e. The van der Waals surface area contributed by atoms with Gasteiger partial charge in [0.15, 0.2) is 0 Å². The highest BCUT2D eigenvalue weighted by Crippen LogP contribution is 2.25. The lowest BCUT2D eigenvalue weighted by molar-refractivity contribution is -0.0412. The van der Waals surface area contributed by atoms with E-state index in [1.807, 2.05) is 0 Å². The number of aliphatic hydroxyl groups excluding tert-OH is 1. The number of aliphatic hydroxyl groups is 2. The molecule has 1 atom stereocenters. The van der Waals surface area contributed by atoms with Gasteiger partial charge in [-0.2, -0.15) is 15.0 Å². The maximum atomic E-state index is 13.6. The van der Waals surface area contributed by atoms with Gasteiger partial charge in [0.1, 0.15) is 17.2 Å². The summed E-state index contributed by atoms with van der Waals surface area (Å²) in [6.45, 7) is -0.976. The van der Waals surface area contributed by atoms with E-state index in [2.05, 4.69) is 10.2 Å². The fourth-order valence-electron chi connectivity index (χ4n) is 1.65. The van der Waals surface area contributed by atoms with Crippen LogP contribution in [0.15, 0.2) is 30.6 Å². The van der Waals surface area contributed by atoms with Crippen LogP contribution in [0.2, 0.25) is 0 Å². The molecule has 1 unspecified atom stereocenters. The van der Waals surface area contributed by atoms with Crippen molar-refractivity contribution in [2.24, 2.45) is 0 Å². The third-order valence-corrected chi connectivity index (χ3v) is 2.56. The molecule has 0 amide bonds. The second-order valence-corrected chi connectivity index (χ2v) is 3.87. The molecule has 0 bridgehead atoms. The zero-order chi connectivity index (χ0) is 13.2. The van der Waals surface area contributed by atoms with E-state index in [0.717, 1.165) is 16.9 Å². The molecular formula is C11H11F2N3O2. The molecule has 1 heterocycles. The third-order valence-electron chi connectivity index (χ3n) is 2.56. The van der Waals surface area contributed by atoms with Crippen LogP contribution in [-0.4, -0.2) is 31.8 Å². The van der Waals surface area contributed by atoms with Crippen molar-refractivity contribution in [1.29, 1.82) is 0 Å². The number of hydrogen-bond donors (Lipinski definition) is 2. The summed E-state index contributed by atoms with van der Waals surface area (Å²) in [6, 6.07) is 2.74. The van der Waals surface area contributed by atoms with E-state index >= 15 is 0 Å². The van der Waals surface area contributed by atoms with E-state index < -0.39 is 23.8 Å². The van der Waals surface area contributed by atoms with E-state index in [1.165, 1.54) is 12.4 Å². The lowest BCUT2D eigenvalue weighted by Gasteiger charge is -2.26. The Labute approximate surface area is 101 Å². The largest absolute Gasteiger partial charge is 0.393 e. The molecule has 5 nitrogen and oxygen atoms in total. The first-order chi connectivity index (χ1) is 8.55. The van der Waals surface area contributed by atoms with Gasteiger partial charge in [0.25, 0.3) is 0 Å². The quantitative estimate of drug-likeness (QED) is 0.831. The molecule has 18 heavy (non-hydrogen) atoms. The molecule has 0 radical (unpaired) electrons. The number of rotatable bonds is 4. The van der Waals surface area contributed by atoms with Crippen molar-refractivity contribution in [3.8, 4) is 0 Å². The van der Waals surface area contributed by atoms with Crippen LogP contribution in [0.25, 0.3) is 0 Å². The molecule has 0 saturated carbocycles. The first-order valence-corrected chi connectivity index (χ1v) is 5.18. The number of aromatic nitrogens is 3. The maximum absolute atomic E-state index is 13.6. The second kappa shape index (κ2) is 4.79. The summed E-state index contributed by atoms with van der Waals surface area (Å²) < 4.78 is 26.4. The molecule has 0 spiro atoms. The van der Waals surface area contributed by atoms with Crippen LogP contribution in [0, 0.1) is 11.6 Å². The number of nitrogens with zero attached hydrogens (tertiary/aromatic N) is 3. The molecule has 2 N–H and O–H groups in total. The molecule has 7 heteroatoms. The average Bonchev–Trinajstić information content (AvgIpc) is 2.81. The van der Waals surface area contributed by atoms with Crippen molar-refractivity contribution >= 4 is 0 Å². The monoisotopic (exact) mass is 255 g/mol. The highest BCUT2D eigenvalue weighted by Gasteiger charge is 2.33. The van der Waals surface area contributed by atoms with E-state index in [-0.39, 0.29) is 12.1 Å². The summed E-state index contributed by atoms with van der Waals surface area (Å²) in [7, 11) is 0. The van der Waals surface area contributed by atoms with Gasteiger partial charge in [-0.05, 0) is 6.07 Å². The Kier molecular flexibility index (Phi) is 3.35. The standard InChI is InChI=1S/C11H11F2N3O2/c12-8-1-2-9(10(13)5-8)11(18,7-17)6-16-14-3-4-15-16/h1-5,17-18H,6-7H2. The van der Waals surface area contributed by atoms with Gasteiger partial charge in [0, 0.05) is 11.6 Å². The fraction of sp³-hybridized carbons (Fsp3) is 0.273. The average molecular weight is 255 g/mol. The summed E-state index contributed by atoms with van der Waals surface area (Å²) in [6.07, 6.45) is 2.78. The number of halogens is 2. The van der Waals surface area contributed by atoms with Gasteiger partial charge in [0.2, 0.25) is 0 Å². The summed E-state index contributed by atoms with van der Waals surface area (Å²) in [4.78, 5) is 1.11. The summed E-state index contributed by atoms with van der Waals surface area (Å²) >= 11 is 0. The van der Waals surface area contributed by atoms with Crippen LogP contribution in [-0.2, 0) is 12.1 Å². The van der Waals surface area contributed by atoms with Gasteiger partial charge in [-0.1, -0.05) is 6.07 Å². The Morgan fingerprint density at radius 1 is 1.22 bits per heavy atom. The predicted octanol–water partition coefficient (Wildman–Crippen LogP) is 0.436. The van der Waals surface area contributed by atoms with Gasteiger partial charge in [-0.25, -0.2) is 8.78 Å². The van der Waals surface area contributed by atoms with Crippen molar-refractivity contribution in [2.75, 3.05) is 6.61 Å². The van der Waals surface area contributed by atoms with Gasteiger partial charge in [-0.3, -0.25) is 0 Å². The van der Waals surface area contributed by atoms with E-state index in [9.17, 15) is 19.0 Å². The zero-order valence-electron chi connectivity index (χ0n) is 9.29. The highest BCUT2D eigenvalue weighted by atomic mass is 19.1. The van der Waals surface area contributed by atoms with Gasteiger partial charge in [-0.15, -0.1) is 0 Å². The van der Waals surface area contributed by atoms with Gasteiger partial charge < -0.3 is 10.2 Å². The Morgan fingerprint density at radius 2 is 1.89 bits per heavy atom. The smallest absolute Gasteiger partial charge is 0.137 e. The molecule has 0 aliphatic rings. The minimum atomic E-state index is -1.91. The van der Waals surface area contributed by atoms with Crippen molar-refractivity contribution in [3.63, 3.8) is 0 Å². The molecule has 2 aromatic rings. The number of benzene rings is 1. The Bertz CT molecular complexity index is 533. The normalized spacial score (nSPS) is 14.4. The van der Waals surface area contributed by atoms with E-state index in [4.69, 9.17) is 0 Å². The van der Waals surface area contributed by atoms with E-state index in [0.29, 0.717) is 6.07 Å². The Balaban J connectivity index is 2.36. The van der Waals surface area contributed by atoms with Crippen molar-refractivity contribution in [2.45, 2.75) is 12.1 Å². The number of hydrogen-bond acceptors (Lipinski definition) is 4. The molecule has 0 aliphatic heterocycles. The lowest BCUT2D eigenvalue weighted by atomic mass is 9.94. The second-order valence-electron chi connectivity index (χ2n) is 3.87. The molecule has 1 aromatic heterocycles. The van der Waals surface area contributed by atoms with Crippen LogP contribution in [0.4, 0.5) is 8.78 Å². The van der Waals surface area contributed by atoms with Crippen LogP contribution in [0.5, 0.6) is 0 Å². The third kappa shape index (κ3) is 2.36.